The Morgan fingerprint density at radius 1 is 0.722 bits per heavy atom. The van der Waals surface area contributed by atoms with Gasteiger partial charge in [-0.05, 0) is 25.2 Å². The van der Waals surface area contributed by atoms with Gasteiger partial charge in [-0.3, -0.25) is 0 Å². The molecular weight excluding hydrogens is 216 g/mol. The Hall–Kier alpha value is -0.260. The second kappa shape index (κ2) is 14.8. The quantitative estimate of drug-likeness (QED) is 0.247. The second-order valence-corrected chi connectivity index (χ2v) is 5.68. The predicted molar refractivity (Wildman–Crippen MR) is 85.1 cm³/mol. The van der Waals surface area contributed by atoms with Crippen molar-refractivity contribution in [2.24, 2.45) is 5.92 Å². The van der Waals surface area contributed by atoms with Gasteiger partial charge in [0, 0.05) is 0 Å². The molecule has 0 aliphatic heterocycles. The molecule has 0 heteroatoms. The van der Waals surface area contributed by atoms with Crippen molar-refractivity contribution < 1.29 is 0 Å². The molecule has 0 nitrogen and oxygen atoms in total. The first-order valence-electron chi connectivity index (χ1n) is 8.50. The summed E-state index contributed by atoms with van der Waals surface area (Å²) in [5, 5.41) is 0. The van der Waals surface area contributed by atoms with Gasteiger partial charge in [0.2, 0.25) is 0 Å². The Morgan fingerprint density at radius 2 is 1.39 bits per heavy atom. The van der Waals surface area contributed by atoms with Crippen molar-refractivity contribution in [3.05, 3.63) is 12.2 Å². The highest BCUT2D eigenvalue weighted by Gasteiger charge is 2.02. The predicted octanol–water partition coefficient (Wildman–Crippen LogP) is 6.90. The molecule has 0 aromatic carbocycles. The molecule has 0 fully saturated rings. The number of hydrogen-bond donors (Lipinski definition) is 0. The van der Waals surface area contributed by atoms with Gasteiger partial charge in [0.05, 0.1) is 0 Å². The van der Waals surface area contributed by atoms with E-state index in [-0.39, 0.29) is 0 Å². The van der Waals surface area contributed by atoms with E-state index in [0.29, 0.717) is 0 Å². The Balaban J connectivity index is 3.34. The summed E-state index contributed by atoms with van der Waals surface area (Å²) in [4.78, 5) is 0. The maximum Gasteiger partial charge on any atom is -0.0322 e. The molecule has 0 saturated carbocycles. The van der Waals surface area contributed by atoms with Crippen LogP contribution in [0.1, 0.15) is 97.8 Å². The van der Waals surface area contributed by atoms with Crippen molar-refractivity contribution in [1.82, 2.24) is 0 Å². The smallest absolute Gasteiger partial charge is 0.0322 e. The molecule has 0 radical (unpaired) electrons. The zero-order chi connectivity index (χ0) is 13.5. The molecular formula is C18H36. The van der Waals surface area contributed by atoms with Gasteiger partial charge in [-0.25, -0.2) is 0 Å². The third-order valence-corrected chi connectivity index (χ3v) is 3.90. The summed E-state index contributed by atoms with van der Waals surface area (Å²) in [6, 6.07) is 0. The molecule has 0 aromatic rings. The number of unbranched alkanes of at least 4 members (excludes halogenated alkanes) is 7. The Labute approximate surface area is 116 Å². The zero-order valence-electron chi connectivity index (χ0n) is 13.2. The first-order chi connectivity index (χ1) is 8.85. The fraction of sp³-hybridized carbons (Fsp3) is 0.889. The van der Waals surface area contributed by atoms with E-state index >= 15 is 0 Å². The molecule has 0 saturated heterocycles. The molecule has 0 rings (SSSR count). The van der Waals surface area contributed by atoms with Gasteiger partial charge in [-0.15, -0.1) is 0 Å². The largest absolute Gasteiger partial charge is 0.0885 e. The molecule has 0 heterocycles. The molecule has 1 unspecified atom stereocenters. The van der Waals surface area contributed by atoms with Crippen LogP contribution >= 0.6 is 0 Å². The molecule has 108 valence electrons. The van der Waals surface area contributed by atoms with Crippen LogP contribution in [0.3, 0.4) is 0 Å². The maximum atomic E-state index is 2.44. The van der Waals surface area contributed by atoms with Crippen LogP contribution in [0.15, 0.2) is 12.2 Å². The van der Waals surface area contributed by atoms with E-state index in [2.05, 4.69) is 32.9 Å². The minimum absolute atomic E-state index is 0.936. The SMILES string of the molecule is CCCCCCCC/C=C/CC(CC)CCCC. The fourth-order valence-electron chi connectivity index (χ4n) is 2.43. The van der Waals surface area contributed by atoms with Gasteiger partial charge < -0.3 is 0 Å². The average Bonchev–Trinajstić information content (AvgIpc) is 2.40. The summed E-state index contributed by atoms with van der Waals surface area (Å²) in [5.74, 6) is 0.936. The normalized spacial score (nSPS) is 13.3. The van der Waals surface area contributed by atoms with E-state index in [1.54, 1.807) is 0 Å². The van der Waals surface area contributed by atoms with Gasteiger partial charge in [-0.2, -0.15) is 0 Å². The van der Waals surface area contributed by atoms with Crippen LogP contribution in [0.2, 0.25) is 0 Å². The lowest BCUT2D eigenvalue weighted by molar-refractivity contribution is 0.456. The lowest BCUT2D eigenvalue weighted by Gasteiger charge is -2.11. The summed E-state index contributed by atoms with van der Waals surface area (Å²) in [6.45, 7) is 6.91. The monoisotopic (exact) mass is 252 g/mol. The maximum absolute atomic E-state index is 2.44. The average molecular weight is 252 g/mol. The molecule has 0 aromatic heterocycles. The molecule has 0 amide bonds. The van der Waals surface area contributed by atoms with Crippen molar-refractivity contribution in [2.75, 3.05) is 0 Å². The standard InChI is InChI=1S/C18H36/c1-4-7-9-10-11-12-13-14-15-17-18(6-3)16-8-5-2/h14-15,18H,4-13,16-17H2,1-3H3/b15-14+. The van der Waals surface area contributed by atoms with Crippen molar-refractivity contribution in [2.45, 2.75) is 97.8 Å². The van der Waals surface area contributed by atoms with Crippen molar-refractivity contribution in [1.29, 1.82) is 0 Å². The molecule has 0 aliphatic carbocycles. The third kappa shape index (κ3) is 12.2. The number of hydrogen-bond acceptors (Lipinski definition) is 0. The topological polar surface area (TPSA) is 0 Å². The van der Waals surface area contributed by atoms with Crippen LogP contribution in [-0.2, 0) is 0 Å². The molecule has 0 spiro atoms. The van der Waals surface area contributed by atoms with Crippen LogP contribution in [0.4, 0.5) is 0 Å². The molecule has 0 N–H and O–H groups in total. The summed E-state index contributed by atoms with van der Waals surface area (Å²) in [7, 11) is 0. The van der Waals surface area contributed by atoms with Gasteiger partial charge in [0.15, 0.2) is 0 Å². The van der Waals surface area contributed by atoms with Gasteiger partial charge in [-0.1, -0.05) is 90.7 Å². The Kier molecular flexibility index (Phi) is 14.6. The summed E-state index contributed by atoms with van der Waals surface area (Å²) < 4.78 is 0. The van der Waals surface area contributed by atoms with E-state index in [4.69, 9.17) is 0 Å². The lowest BCUT2D eigenvalue weighted by Crippen LogP contribution is -1.96. The molecule has 18 heavy (non-hydrogen) atoms. The zero-order valence-corrected chi connectivity index (χ0v) is 13.2. The van der Waals surface area contributed by atoms with Gasteiger partial charge in [0.1, 0.15) is 0 Å². The third-order valence-electron chi connectivity index (χ3n) is 3.90. The number of allylic oxidation sites excluding steroid dienone is 2. The molecule has 1 atom stereocenters. The van der Waals surface area contributed by atoms with Crippen LogP contribution in [-0.4, -0.2) is 0 Å². The summed E-state index contributed by atoms with van der Waals surface area (Å²) in [5.41, 5.74) is 0. The summed E-state index contributed by atoms with van der Waals surface area (Å²) in [6.07, 6.45) is 21.5. The van der Waals surface area contributed by atoms with Crippen molar-refractivity contribution in [3.8, 4) is 0 Å². The first-order valence-corrected chi connectivity index (χ1v) is 8.50. The van der Waals surface area contributed by atoms with E-state index < -0.39 is 0 Å². The highest BCUT2D eigenvalue weighted by atomic mass is 14.1. The van der Waals surface area contributed by atoms with Crippen LogP contribution in [0.25, 0.3) is 0 Å². The van der Waals surface area contributed by atoms with E-state index in [9.17, 15) is 0 Å². The lowest BCUT2D eigenvalue weighted by atomic mass is 9.95. The molecule has 0 bridgehead atoms. The fourth-order valence-corrected chi connectivity index (χ4v) is 2.43. The van der Waals surface area contributed by atoms with E-state index in [1.807, 2.05) is 0 Å². The van der Waals surface area contributed by atoms with Crippen LogP contribution in [0.5, 0.6) is 0 Å². The van der Waals surface area contributed by atoms with Crippen molar-refractivity contribution in [3.63, 3.8) is 0 Å². The summed E-state index contributed by atoms with van der Waals surface area (Å²) >= 11 is 0. The first kappa shape index (κ1) is 17.7. The van der Waals surface area contributed by atoms with Gasteiger partial charge in [0.25, 0.3) is 0 Å². The van der Waals surface area contributed by atoms with E-state index in [0.717, 1.165) is 5.92 Å². The van der Waals surface area contributed by atoms with E-state index in [1.165, 1.54) is 77.0 Å². The highest BCUT2D eigenvalue weighted by molar-refractivity contribution is 4.83. The van der Waals surface area contributed by atoms with Crippen LogP contribution in [0, 0.1) is 5.92 Å². The second-order valence-electron chi connectivity index (χ2n) is 5.68. The van der Waals surface area contributed by atoms with Crippen LogP contribution < -0.4 is 0 Å². The minimum atomic E-state index is 0.936. The molecule has 0 aliphatic rings. The highest BCUT2D eigenvalue weighted by Crippen LogP contribution is 2.17. The minimum Gasteiger partial charge on any atom is -0.0885 e. The van der Waals surface area contributed by atoms with Crippen molar-refractivity contribution >= 4 is 0 Å². The van der Waals surface area contributed by atoms with Gasteiger partial charge >= 0.3 is 0 Å². The Bertz CT molecular complexity index is 169. The number of rotatable bonds is 13. The Morgan fingerprint density at radius 3 is 2.06 bits per heavy atom.